The third kappa shape index (κ3) is 2.91. The summed E-state index contributed by atoms with van der Waals surface area (Å²) in [5, 5.41) is 3.65. The van der Waals surface area contributed by atoms with Crippen LogP contribution >= 0.6 is 0 Å². The van der Waals surface area contributed by atoms with Crippen molar-refractivity contribution in [3.63, 3.8) is 0 Å². The largest absolute Gasteiger partial charge is 1.00 e. The van der Waals surface area contributed by atoms with Gasteiger partial charge in [-0.1, -0.05) is 43.0 Å². The molecular formula is C16H11NaO3S. The molecule has 0 N–H and O–H groups in total. The third-order valence-electron chi connectivity index (χ3n) is 3.36. The van der Waals surface area contributed by atoms with Gasteiger partial charge >= 0.3 is 29.6 Å². The van der Waals surface area contributed by atoms with Gasteiger partial charge in [0.15, 0.2) is 0 Å². The molecule has 0 saturated carbocycles. The van der Waals surface area contributed by atoms with E-state index in [0.29, 0.717) is 5.56 Å². The predicted octanol–water partition coefficient (Wildman–Crippen LogP) is 0.544. The topological polar surface area (TPSA) is 57.2 Å². The molecule has 0 saturated heterocycles. The van der Waals surface area contributed by atoms with Gasteiger partial charge in [-0.05, 0) is 45.3 Å². The van der Waals surface area contributed by atoms with E-state index in [0.717, 1.165) is 21.5 Å². The number of fused-ring (bicyclic) bond motifs is 2. The smallest absolute Gasteiger partial charge is 0.744 e. The summed E-state index contributed by atoms with van der Waals surface area (Å²) in [6.45, 7) is 3.63. The number of benzene rings is 3. The van der Waals surface area contributed by atoms with Gasteiger partial charge in [0.2, 0.25) is 0 Å². The first-order chi connectivity index (χ1) is 9.50. The SMILES string of the molecule is C=Cc1c(S(=O)(=O)[O-])ccc2cc3ccccc3cc12.[Na+]. The molecule has 0 aliphatic carbocycles. The van der Waals surface area contributed by atoms with Crippen LogP contribution < -0.4 is 29.6 Å². The first-order valence-corrected chi connectivity index (χ1v) is 7.45. The Bertz CT molecular complexity index is 946. The second kappa shape index (κ2) is 5.91. The summed E-state index contributed by atoms with van der Waals surface area (Å²) in [5.41, 5.74) is 0.364. The standard InChI is InChI=1S/C16H12O3S.Na/c1-2-14-15-10-12-6-4-3-5-11(12)9-13(15)7-8-16(14)20(17,18)19;/h2-10H,1H2,(H,17,18,19);/q;+1/p-1. The monoisotopic (exact) mass is 306 g/mol. The molecule has 5 heteroatoms. The molecule has 0 spiro atoms. The van der Waals surface area contributed by atoms with E-state index < -0.39 is 10.1 Å². The van der Waals surface area contributed by atoms with Crippen LogP contribution in [-0.4, -0.2) is 13.0 Å². The molecule has 21 heavy (non-hydrogen) atoms. The zero-order chi connectivity index (χ0) is 14.3. The van der Waals surface area contributed by atoms with Crippen LogP contribution in [0.5, 0.6) is 0 Å². The van der Waals surface area contributed by atoms with Crippen molar-refractivity contribution >= 4 is 37.7 Å². The molecule has 3 rings (SSSR count). The molecule has 0 heterocycles. The summed E-state index contributed by atoms with van der Waals surface area (Å²) in [6.07, 6.45) is 1.42. The molecule has 0 fully saturated rings. The van der Waals surface area contributed by atoms with Crippen LogP contribution in [0, 0.1) is 0 Å². The van der Waals surface area contributed by atoms with Crippen molar-refractivity contribution in [1.82, 2.24) is 0 Å². The summed E-state index contributed by atoms with van der Waals surface area (Å²) in [7, 11) is -4.51. The molecule has 0 radical (unpaired) electrons. The van der Waals surface area contributed by atoms with Gasteiger partial charge in [-0.2, -0.15) is 0 Å². The average molecular weight is 306 g/mol. The minimum atomic E-state index is -4.51. The maximum Gasteiger partial charge on any atom is 1.00 e. The van der Waals surface area contributed by atoms with E-state index >= 15 is 0 Å². The molecule has 3 aromatic rings. The molecule has 0 aliphatic heterocycles. The zero-order valence-electron chi connectivity index (χ0n) is 11.5. The Balaban J connectivity index is 0.00000161. The summed E-state index contributed by atoms with van der Waals surface area (Å²) in [6, 6.07) is 14.6. The van der Waals surface area contributed by atoms with Crippen molar-refractivity contribution in [3.05, 3.63) is 60.7 Å². The van der Waals surface area contributed by atoms with Gasteiger partial charge < -0.3 is 4.55 Å². The van der Waals surface area contributed by atoms with Gasteiger partial charge in [-0.25, -0.2) is 8.42 Å². The molecule has 0 aliphatic rings. The molecular weight excluding hydrogens is 295 g/mol. The quantitative estimate of drug-likeness (QED) is 0.394. The molecule has 0 amide bonds. The van der Waals surface area contributed by atoms with Crippen LogP contribution in [0.15, 0.2) is 60.0 Å². The van der Waals surface area contributed by atoms with Crippen molar-refractivity contribution < 1.29 is 42.5 Å². The Hall–Kier alpha value is -1.17. The van der Waals surface area contributed by atoms with Crippen LogP contribution in [0.4, 0.5) is 0 Å². The molecule has 0 aromatic heterocycles. The van der Waals surface area contributed by atoms with Crippen molar-refractivity contribution in [2.75, 3.05) is 0 Å². The molecule has 3 nitrogen and oxygen atoms in total. The van der Waals surface area contributed by atoms with Crippen LogP contribution in [0.2, 0.25) is 0 Å². The Morgan fingerprint density at radius 3 is 2.14 bits per heavy atom. The number of hydrogen-bond acceptors (Lipinski definition) is 3. The van der Waals surface area contributed by atoms with Crippen molar-refractivity contribution in [2.24, 2.45) is 0 Å². The summed E-state index contributed by atoms with van der Waals surface area (Å²) in [4.78, 5) is -0.227. The van der Waals surface area contributed by atoms with Crippen LogP contribution in [0.3, 0.4) is 0 Å². The first kappa shape index (κ1) is 16.2. The summed E-state index contributed by atoms with van der Waals surface area (Å²) in [5.74, 6) is 0. The van der Waals surface area contributed by atoms with E-state index in [1.54, 1.807) is 6.07 Å². The van der Waals surface area contributed by atoms with Gasteiger partial charge in [0.25, 0.3) is 0 Å². The Morgan fingerprint density at radius 1 is 0.952 bits per heavy atom. The van der Waals surface area contributed by atoms with E-state index in [2.05, 4.69) is 6.58 Å². The van der Waals surface area contributed by atoms with E-state index in [4.69, 9.17) is 0 Å². The van der Waals surface area contributed by atoms with Crippen molar-refractivity contribution in [1.29, 1.82) is 0 Å². The van der Waals surface area contributed by atoms with Crippen LogP contribution in [0.25, 0.3) is 27.6 Å². The van der Waals surface area contributed by atoms with Crippen molar-refractivity contribution in [2.45, 2.75) is 4.90 Å². The van der Waals surface area contributed by atoms with Gasteiger partial charge in [-0.3, -0.25) is 0 Å². The van der Waals surface area contributed by atoms with E-state index in [1.165, 1.54) is 12.1 Å². The number of hydrogen-bond donors (Lipinski definition) is 0. The molecule has 3 aromatic carbocycles. The zero-order valence-corrected chi connectivity index (χ0v) is 14.4. The number of rotatable bonds is 2. The second-order valence-corrected chi connectivity index (χ2v) is 5.90. The fraction of sp³-hybridized carbons (Fsp3) is 0. The molecule has 0 bridgehead atoms. The summed E-state index contributed by atoms with van der Waals surface area (Å²) < 4.78 is 33.9. The van der Waals surface area contributed by atoms with Crippen LogP contribution in [-0.2, 0) is 10.1 Å². The average Bonchev–Trinajstić information content (AvgIpc) is 2.42. The first-order valence-electron chi connectivity index (χ1n) is 6.04. The fourth-order valence-electron chi connectivity index (χ4n) is 2.45. The van der Waals surface area contributed by atoms with E-state index in [1.807, 2.05) is 36.4 Å². The second-order valence-electron chi connectivity index (χ2n) is 4.56. The Labute approximate surface area is 145 Å². The van der Waals surface area contributed by atoms with Gasteiger partial charge in [-0.15, -0.1) is 0 Å². The normalized spacial score (nSPS) is 11.3. The van der Waals surface area contributed by atoms with E-state index in [-0.39, 0.29) is 34.5 Å². The summed E-state index contributed by atoms with van der Waals surface area (Å²) >= 11 is 0. The van der Waals surface area contributed by atoms with Crippen LogP contribution in [0.1, 0.15) is 5.56 Å². The maximum absolute atomic E-state index is 11.3. The van der Waals surface area contributed by atoms with Gasteiger partial charge in [0, 0.05) is 0 Å². The molecule has 0 unspecified atom stereocenters. The van der Waals surface area contributed by atoms with Gasteiger partial charge in [0.05, 0.1) is 4.90 Å². The Kier molecular flexibility index (Phi) is 4.56. The molecule has 0 atom stereocenters. The minimum Gasteiger partial charge on any atom is -0.744 e. The van der Waals surface area contributed by atoms with Gasteiger partial charge in [0.1, 0.15) is 10.1 Å². The third-order valence-corrected chi connectivity index (χ3v) is 4.26. The predicted molar refractivity (Wildman–Crippen MR) is 79.5 cm³/mol. The molecule has 100 valence electrons. The van der Waals surface area contributed by atoms with Crippen molar-refractivity contribution in [3.8, 4) is 0 Å². The fourth-order valence-corrected chi connectivity index (χ4v) is 3.14. The minimum absolute atomic E-state index is 0. The van der Waals surface area contributed by atoms with E-state index in [9.17, 15) is 13.0 Å². The Morgan fingerprint density at radius 2 is 1.57 bits per heavy atom. The maximum atomic E-state index is 11.3.